The van der Waals surface area contributed by atoms with Gasteiger partial charge in [-0.05, 0) is 18.2 Å². The maximum absolute atomic E-state index is 12.8. The fourth-order valence-corrected chi connectivity index (χ4v) is 1.08. The zero-order valence-electron chi connectivity index (χ0n) is 7.00. The van der Waals surface area contributed by atoms with Crippen LogP contribution in [0.4, 0.5) is 14.7 Å². The second kappa shape index (κ2) is 3.10. The van der Waals surface area contributed by atoms with Crippen LogP contribution in [0.25, 0.3) is 11.3 Å². The normalized spacial score (nSPS) is 10.4. The Morgan fingerprint density at radius 1 is 1.14 bits per heavy atom. The van der Waals surface area contributed by atoms with Crippen molar-refractivity contribution in [3.8, 4) is 11.3 Å². The van der Waals surface area contributed by atoms with Crippen molar-refractivity contribution in [1.82, 2.24) is 5.16 Å². The van der Waals surface area contributed by atoms with Gasteiger partial charge >= 0.3 is 0 Å². The lowest BCUT2D eigenvalue weighted by molar-refractivity contribution is 0.439. The number of hydrogen-bond donors (Lipinski definition) is 1. The molecule has 0 saturated carbocycles. The minimum atomic E-state index is -0.927. The van der Waals surface area contributed by atoms with Gasteiger partial charge in [0.15, 0.2) is 11.6 Å². The highest BCUT2D eigenvalue weighted by molar-refractivity contribution is 5.60. The maximum atomic E-state index is 12.8. The third kappa shape index (κ3) is 1.44. The second-order valence-corrected chi connectivity index (χ2v) is 2.74. The highest BCUT2D eigenvalue weighted by Gasteiger charge is 2.07. The van der Waals surface area contributed by atoms with E-state index in [-0.39, 0.29) is 5.88 Å². The molecule has 3 nitrogen and oxygen atoms in total. The van der Waals surface area contributed by atoms with Crippen LogP contribution >= 0.6 is 0 Å². The third-order valence-corrected chi connectivity index (χ3v) is 1.74. The molecule has 2 rings (SSSR count). The summed E-state index contributed by atoms with van der Waals surface area (Å²) in [5.74, 6) is -1.70. The van der Waals surface area contributed by atoms with Gasteiger partial charge in [0.1, 0.15) is 5.69 Å². The Labute approximate surface area is 78.1 Å². The zero-order valence-corrected chi connectivity index (χ0v) is 7.00. The Bertz CT molecular complexity index is 468. The smallest absolute Gasteiger partial charge is 0.222 e. The highest BCUT2D eigenvalue weighted by Crippen LogP contribution is 2.21. The lowest BCUT2D eigenvalue weighted by atomic mass is 10.1. The number of aromatic nitrogens is 1. The summed E-state index contributed by atoms with van der Waals surface area (Å²) in [5.41, 5.74) is 6.08. The van der Waals surface area contributed by atoms with Crippen molar-refractivity contribution in [3.05, 3.63) is 35.9 Å². The van der Waals surface area contributed by atoms with E-state index in [0.29, 0.717) is 11.3 Å². The van der Waals surface area contributed by atoms with E-state index in [1.807, 2.05) is 0 Å². The molecule has 1 aromatic heterocycles. The van der Waals surface area contributed by atoms with Crippen molar-refractivity contribution in [2.45, 2.75) is 0 Å². The van der Waals surface area contributed by atoms with Crippen molar-refractivity contribution in [2.24, 2.45) is 0 Å². The SMILES string of the molecule is Nc1cc(-c2ccc(F)c(F)c2)no1. The van der Waals surface area contributed by atoms with Crippen LogP contribution in [0.2, 0.25) is 0 Å². The van der Waals surface area contributed by atoms with Crippen molar-refractivity contribution < 1.29 is 13.3 Å². The topological polar surface area (TPSA) is 52.0 Å². The summed E-state index contributed by atoms with van der Waals surface area (Å²) in [6, 6.07) is 4.89. The van der Waals surface area contributed by atoms with Crippen LogP contribution in [0.5, 0.6) is 0 Å². The molecule has 2 N–H and O–H groups in total. The van der Waals surface area contributed by atoms with Crippen LogP contribution in [-0.4, -0.2) is 5.16 Å². The largest absolute Gasteiger partial charge is 0.368 e. The molecule has 72 valence electrons. The van der Waals surface area contributed by atoms with E-state index < -0.39 is 11.6 Å². The molecule has 0 saturated heterocycles. The van der Waals surface area contributed by atoms with Gasteiger partial charge in [0.2, 0.25) is 5.88 Å². The Morgan fingerprint density at radius 2 is 1.93 bits per heavy atom. The van der Waals surface area contributed by atoms with Crippen molar-refractivity contribution in [2.75, 3.05) is 5.73 Å². The van der Waals surface area contributed by atoms with E-state index >= 15 is 0 Å². The molecule has 0 aliphatic heterocycles. The van der Waals surface area contributed by atoms with E-state index in [2.05, 4.69) is 9.68 Å². The van der Waals surface area contributed by atoms with E-state index in [1.165, 1.54) is 12.1 Å². The average Bonchev–Trinajstić information content (AvgIpc) is 2.57. The molecule has 14 heavy (non-hydrogen) atoms. The molecule has 1 heterocycles. The number of halogens is 2. The summed E-state index contributed by atoms with van der Waals surface area (Å²) < 4.78 is 30.0. The number of nitrogens with two attached hydrogens (primary N) is 1. The summed E-state index contributed by atoms with van der Waals surface area (Å²) in [6.07, 6.45) is 0. The van der Waals surface area contributed by atoms with Crippen LogP contribution in [0.3, 0.4) is 0 Å². The monoisotopic (exact) mass is 196 g/mol. The number of rotatable bonds is 1. The highest BCUT2D eigenvalue weighted by atomic mass is 19.2. The fraction of sp³-hybridized carbons (Fsp3) is 0. The van der Waals surface area contributed by atoms with E-state index in [0.717, 1.165) is 12.1 Å². The van der Waals surface area contributed by atoms with Gasteiger partial charge in [-0.15, -0.1) is 0 Å². The molecule has 0 bridgehead atoms. The first-order valence-electron chi connectivity index (χ1n) is 3.84. The molecule has 0 unspecified atom stereocenters. The van der Waals surface area contributed by atoms with Crippen molar-refractivity contribution in [3.63, 3.8) is 0 Å². The van der Waals surface area contributed by atoms with Gasteiger partial charge < -0.3 is 10.3 Å². The van der Waals surface area contributed by atoms with Crippen LogP contribution in [-0.2, 0) is 0 Å². The summed E-state index contributed by atoms with van der Waals surface area (Å²) in [5, 5.41) is 3.57. The molecule has 5 heteroatoms. The first-order chi connectivity index (χ1) is 6.66. The second-order valence-electron chi connectivity index (χ2n) is 2.74. The van der Waals surface area contributed by atoms with Gasteiger partial charge in [0.05, 0.1) is 0 Å². The zero-order chi connectivity index (χ0) is 10.1. The van der Waals surface area contributed by atoms with Crippen LogP contribution in [0.1, 0.15) is 0 Å². The molecule has 2 aromatic rings. The van der Waals surface area contributed by atoms with E-state index in [1.54, 1.807) is 0 Å². The van der Waals surface area contributed by atoms with Crippen LogP contribution < -0.4 is 5.73 Å². The van der Waals surface area contributed by atoms with Crippen LogP contribution in [0.15, 0.2) is 28.8 Å². The number of hydrogen-bond acceptors (Lipinski definition) is 3. The molecular weight excluding hydrogens is 190 g/mol. The minimum Gasteiger partial charge on any atom is -0.368 e. The average molecular weight is 196 g/mol. The van der Waals surface area contributed by atoms with Gasteiger partial charge in [-0.25, -0.2) is 8.78 Å². The van der Waals surface area contributed by atoms with Crippen molar-refractivity contribution >= 4 is 5.88 Å². The summed E-state index contributed by atoms with van der Waals surface area (Å²) in [4.78, 5) is 0. The standard InChI is InChI=1S/C9H6F2N2O/c10-6-2-1-5(3-7(6)11)8-4-9(12)14-13-8/h1-4H,12H2. The Morgan fingerprint density at radius 3 is 2.50 bits per heavy atom. The molecule has 0 aliphatic rings. The molecule has 1 aromatic carbocycles. The van der Waals surface area contributed by atoms with Crippen molar-refractivity contribution in [1.29, 1.82) is 0 Å². The number of nitrogens with zero attached hydrogens (tertiary/aromatic N) is 1. The van der Waals surface area contributed by atoms with Gasteiger partial charge in [0, 0.05) is 11.6 Å². The predicted octanol–water partition coefficient (Wildman–Crippen LogP) is 2.20. The predicted molar refractivity (Wildman–Crippen MR) is 46.3 cm³/mol. The fourth-order valence-electron chi connectivity index (χ4n) is 1.08. The maximum Gasteiger partial charge on any atom is 0.222 e. The Hall–Kier alpha value is -1.91. The van der Waals surface area contributed by atoms with Gasteiger partial charge in [-0.2, -0.15) is 0 Å². The molecule has 0 spiro atoms. The minimum absolute atomic E-state index is 0.129. The Kier molecular flexibility index (Phi) is 1.92. The van der Waals surface area contributed by atoms with E-state index in [9.17, 15) is 8.78 Å². The first-order valence-corrected chi connectivity index (χ1v) is 3.84. The number of benzene rings is 1. The molecule has 0 atom stereocenters. The Balaban J connectivity index is 2.47. The van der Waals surface area contributed by atoms with Gasteiger partial charge in [0.25, 0.3) is 0 Å². The number of anilines is 1. The van der Waals surface area contributed by atoms with E-state index in [4.69, 9.17) is 5.73 Å². The van der Waals surface area contributed by atoms with Gasteiger partial charge in [-0.3, -0.25) is 0 Å². The lowest BCUT2D eigenvalue weighted by Gasteiger charge is -1.95. The van der Waals surface area contributed by atoms with Gasteiger partial charge in [-0.1, -0.05) is 5.16 Å². The third-order valence-electron chi connectivity index (χ3n) is 1.74. The quantitative estimate of drug-likeness (QED) is 0.760. The summed E-state index contributed by atoms with van der Waals surface area (Å²) >= 11 is 0. The molecule has 0 fully saturated rings. The summed E-state index contributed by atoms with van der Waals surface area (Å²) in [7, 11) is 0. The molecule has 0 radical (unpaired) electrons. The molecule has 0 aliphatic carbocycles. The summed E-state index contributed by atoms with van der Waals surface area (Å²) in [6.45, 7) is 0. The first kappa shape index (κ1) is 8.68. The lowest BCUT2D eigenvalue weighted by Crippen LogP contribution is -1.85. The van der Waals surface area contributed by atoms with Crippen LogP contribution in [0, 0.1) is 11.6 Å². The number of nitrogen functional groups attached to an aromatic ring is 1. The molecule has 0 amide bonds. The molecular formula is C9H6F2N2O.